The van der Waals surface area contributed by atoms with Crippen LogP contribution in [0.2, 0.25) is 5.02 Å². The highest BCUT2D eigenvalue weighted by atomic mass is 35.5. The number of benzene rings is 2. The van der Waals surface area contributed by atoms with Crippen molar-refractivity contribution < 1.29 is 18.7 Å². The number of esters is 1. The Labute approximate surface area is 143 Å². The fourth-order valence-electron chi connectivity index (χ4n) is 1.82. The summed E-state index contributed by atoms with van der Waals surface area (Å²) in [6.45, 7) is 1.46. The summed E-state index contributed by atoms with van der Waals surface area (Å²) in [7, 11) is 0. The quantitative estimate of drug-likeness (QED) is 0.655. The Hall–Kier alpha value is -2.66. The first kappa shape index (κ1) is 17.7. The summed E-state index contributed by atoms with van der Waals surface area (Å²) in [6.07, 6.45) is 1.68. The molecule has 24 heavy (non-hydrogen) atoms. The number of ether oxygens (including phenoxy) is 1. The lowest BCUT2D eigenvalue weighted by molar-refractivity contribution is -0.148. The first-order valence-corrected chi connectivity index (χ1v) is 7.52. The molecule has 0 radical (unpaired) electrons. The zero-order valence-electron chi connectivity index (χ0n) is 12.8. The number of halogens is 2. The van der Waals surface area contributed by atoms with Gasteiger partial charge in [0.15, 0.2) is 6.10 Å². The summed E-state index contributed by atoms with van der Waals surface area (Å²) in [5, 5.41) is 3.09. The first-order valence-electron chi connectivity index (χ1n) is 7.15. The van der Waals surface area contributed by atoms with Gasteiger partial charge in [-0.2, -0.15) is 0 Å². The van der Waals surface area contributed by atoms with Gasteiger partial charge in [0.2, 0.25) is 0 Å². The van der Waals surface area contributed by atoms with Gasteiger partial charge in [0, 0.05) is 16.8 Å². The summed E-state index contributed by atoms with van der Waals surface area (Å²) >= 11 is 5.83. The lowest BCUT2D eigenvalue weighted by Gasteiger charge is -2.12. The molecule has 0 saturated carbocycles. The molecule has 0 bridgehead atoms. The summed E-state index contributed by atoms with van der Waals surface area (Å²) in [4.78, 5) is 23.7. The molecule has 2 aromatic rings. The van der Waals surface area contributed by atoms with Crippen molar-refractivity contribution in [3.63, 3.8) is 0 Å². The van der Waals surface area contributed by atoms with Crippen molar-refractivity contribution in [2.24, 2.45) is 0 Å². The minimum absolute atomic E-state index is 0.360. The standard InChI is InChI=1S/C18H15ClFNO3/c1-12(18(23)21-16-4-2-3-14(19)11-16)24-17(22)10-7-13-5-8-15(20)9-6-13/h2-12H,1H3,(H,21,23)/b10-7+/t12-/m0/s1. The molecule has 0 aliphatic heterocycles. The van der Waals surface area contributed by atoms with Crippen LogP contribution >= 0.6 is 11.6 Å². The Morgan fingerprint density at radius 2 is 1.92 bits per heavy atom. The molecule has 0 aliphatic rings. The second kappa shape index (κ2) is 8.26. The molecule has 4 nitrogen and oxygen atoms in total. The number of anilines is 1. The minimum atomic E-state index is -0.977. The molecule has 2 rings (SSSR count). The zero-order valence-corrected chi connectivity index (χ0v) is 13.6. The summed E-state index contributed by atoms with van der Waals surface area (Å²) in [6, 6.07) is 12.2. The van der Waals surface area contributed by atoms with Crippen molar-refractivity contribution in [2.45, 2.75) is 13.0 Å². The number of hydrogen-bond acceptors (Lipinski definition) is 3. The minimum Gasteiger partial charge on any atom is -0.449 e. The van der Waals surface area contributed by atoms with Gasteiger partial charge in [-0.1, -0.05) is 29.8 Å². The highest BCUT2D eigenvalue weighted by Crippen LogP contribution is 2.15. The van der Waals surface area contributed by atoms with E-state index in [1.54, 1.807) is 24.3 Å². The topological polar surface area (TPSA) is 55.4 Å². The van der Waals surface area contributed by atoms with Crippen molar-refractivity contribution in [1.82, 2.24) is 0 Å². The maximum absolute atomic E-state index is 12.8. The molecular formula is C18H15ClFNO3. The second-order valence-corrected chi connectivity index (χ2v) is 5.40. The first-order chi connectivity index (χ1) is 11.4. The third kappa shape index (κ3) is 5.52. The van der Waals surface area contributed by atoms with E-state index in [4.69, 9.17) is 16.3 Å². The van der Waals surface area contributed by atoms with Crippen molar-refractivity contribution in [2.75, 3.05) is 5.32 Å². The highest BCUT2D eigenvalue weighted by Gasteiger charge is 2.16. The molecule has 0 heterocycles. The third-order valence-corrected chi connectivity index (χ3v) is 3.27. The van der Waals surface area contributed by atoms with E-state index in [2.05, 4.69) is 5.32 Å². The largest absolute Gasteiger partial charge is 0.449 e. The van der Waals surface area contributed by atoms with Crippen LogP contribution in [0.3, 0.4) is 0 Å². The SMILES string of the molecule is C[C@H](OC(=O)/C=C/c1ccc(F)cc1)C(=O)Nc1cccc(Cl)c1. The van der Waals surface area contributed by atoms with Crippen LogP contribution in [0.5, 0.6) is 0 Å². The Balaban J connectivity index is 1.88. The van der Waals surface area contributed by atoms with Gasteiger partial charge in [0.25, 0.3) is 5.91 Å². The van der Waals surface area contributed by atoms with Crippen molar-refractivity contribution in [1.29, 1.82) is 0 Å². The number of hydrogen-bond donors (Lipinski definition) is 1. The monoisotopic (exact) mass is 347 g/mol. The number of rotatable bonds is 5. The van der Waals surface area contributed by atoms with Gasteiger partial charge in [-0.15, -0.1) is 0 Å². The third-order valence-electron chi connectivity index (χ3n) is 3.04. The van der Waals surface area contributed by atoms with E-state index in [9.17, 15) is 14.0 Å². The Kier molecular flexibility index (Phi) is 6.09. The van der Waals surface area contributed by atoms with E-state index >= 15 is 0 Å². The normalized spacial score (nSPS) is 12.0. The van der Waals surface area contributed by atoms with Crippen LogP contribution in [0.25, 0.3) is 6.08 Å². The van der Waals surface area contributed by atoms with Gasteiger partial charge < -0.3 is 10.1 Å². The van der Waals surface area contributed by atoms with Crippen LogP contribution in [0.15, 0.2) is 54.6 Å². The molecule has 0 saturated heterocycles. The maximum Gasteiger partial charge on any atom is 0.331 e. The summed E-state index contributed by atoms with van der Waals surface area (Å²) in [5.74, 6) is -1.50. The molecule has 0 aromatic heterocycles. The Morgan fingerprint density at radius 1 is 1.21 bits per heavy atom. The van der Waals surface area contributed by atoms with Crippen LogP contribution < -0.4 is 5.32 Å². The molecule has 1 N–H and O–H groups in total. The van der Waals surface area contributed by atoms with E-state index in [1.807, 2.05) is 0 Å². The van der Waals surface area contributed by atoms with Crippen molar-refractivity contribution in [3.05, 3.63) is 71.0 Å². The fourth-order valence-corrected chi connectivity index (χ4v) is 2.01. The average molecular weight is 348 g/mol. The van der Waals surface area contributed by atoms with Gasteiger partial charge in [-0.25, -0.2) is 9.18 Å². The van der Waals surface area contributed by atoms with E-state index in [1.165, 1.54) is 43.3 Å². The zero-order chi connectivity index (χ0) is 17.5. The average Bonchev–Trinajstić information content (AvgIpc) is 2.54. The molecule has 0 aliphatic carbocycles. The maximum atomic E-state index is 12.8. The molecule has 0 fully saturated rings. The van der Waals surface area contributed by atoms with Gasteiger partial charge in [0.05, 0.1) is 0 Å². The molecule has 0 unspecified atom stereocenters. The number of carbonyl (C=O) groups is 2. The van der Waals surface area contributed by atoms with E-state index in [-0.39, 0.29) is 5.82 Å². The lowest BCUT2D eigenvalue weighted by atomic mass is 10.2. The second-order valence-electron chi connectivity index (χ2n) is 4.96. The van der Waals surface area contributed by atoms with Gasteiger partial charge in [-0.05, 0) is 48.9 Å². The van der Waals surface area contributed by atoms with Crippen LogP contribution in [-0.4, -0.2) is 18.0 Å². The van der Waals surface area contributed by atoms with Crippen molar-refractivity contribution in [3.8, 4) is 0 Å². The Bertz CT molecular complexity index is 759. The molecule has 2 aromatic carbocycles. The lowest BCUT2D eigenvalue weighted by Crippen LogP contribution is -2.29. The van der Waals surface area contributed by atoms with Gasteiger partial charge in [-0.3, -0.25) is 4.79 Å². The predicted molar refractivity (Wildman–Crippen MR) is 91.1 cm³/mol. The van der Waals surface area contributed by atoms with E-state index < -0.39 is 18.0 Å². The van der Waals surface area contributed by atoms with Gasteiger partial charge >= 0.3 is 5.97 Å². The molecule has 0 spiro atoms. The summed E-state index contributed by atoms with van der Waals surface area (Å²) in [5.41, 5.74) is 1.15. The number of carbonyl (C=O) groups excluding carboxylic acids is 2. The van der Waals surface area contributed by atoms with Crippen molar-refractivity contribution >= 4 is 35.2 Å². The van der Waals surface area contributed by atoms with Crippen LogP contribution in [0.4, 0.5) is 10.1 Å². The van der Waals surface area contributed by atoms with Gasteiger partial charge in [0.1, 0.15) is 5.82 Å². The van der Waals surface area contributed by atoms with Crippen LogP contribution in [0, 0.1) is 5.82 Å². The number of amides is 1. The smallest absolute Gasteiger partial charge is 0.331 e. The molecule has 124 valence electrons. The summed E-state index contributed by atoms with van der Waals surface area (Å²) < 4.78 is 17.8. The number of nitrogens with one attached hydrogen (secondary N) is 1. The molecule has 1 atom stereocenters. The van der Waals surface area contributed by atoms with Crippen LogP contribution in [0.1, 0.15) is 12.5 Å². The Morgan fingerprint density at radius 3 is 2.58 bits per heavy atom. The van der Waals surface area contributed by atoms with Crippen LogP contribution in [-0.2, 0) is 14.3 Å². The predicted octanol–water partition coefficient (Wildman–Crippen LogP) is 4.06. The van der Waals surface area contributed by atoms with E-state index in [0.29, 0.717) is 16.3 Å². The molecule has 6 heteroatoms. The van der Waals surface area contributed by atoms with E-state index in [0.717, 1.165) is 0 Å². The molecule has 1 amide bonds. The molecular weight excluding hydrogens is 333 g/mol. The fraction of sp³-hybridized carbons (Fsp3) is 0.111. The highest BCUT2D eigenvalue weighted by molar-refractivity contribution is 6.30.